The van der Waals surface area contributed by atoms with Crippen LogP contribution in [0.4, 0.5) is 5.82 Å². The molecule has 0 unspecified atom stereocenters. The third-order valence-corrected chi connectivity index (χ3v) is 6.90. The van der Waals surface area contributed by atoms with Gasteiger partial charge in [0, 0.05) is 54.4 Å². The molecular formula is C27H31N5O3. The third kappa shape index (κ3) is 4.63. The number of hydrogen-bond acceptors (Lipinski definition) is 7. The summed E-state index contributed by atoms with van der Waals surface area (Å²) in [6.07, 6.45) is 6.44. The van der Waals surface area contributed by atoms with Gasteiger partial charge in [0.25, 0.3) is 5.91 Å². The van der Waals surface area contributed by atoms with E-state index in [1.165, 1.54) is 0 Å². The van der Waals surface area contributed by atoms with E-state index in [0.29, 0.717) is 37.3 Å². The van der Waals surface area contributed by atoms with Crippen LogP contribution >= 0.6 is 0 Å². The van der Waals surface area contributed by atoms with Crippen LogP contribution in [0.3, 0.4) is 0 Å². The van der Waals surface area contributed by atoms with Crippen molar-refractivity contribution in [2.75, 3.05) is 32.0 Å². The average Bonchev–Trinajstić information content (AvgIpc) is 2.89. The first-order chi connectivity index (χ1) is 17.0. The number of likely N-dealkylation sites (tertiary alicyclic amines) is 1. The van der Waals surface area contributed by atoms with E-state index >= 15 is 0 Å². The zero-order valence-corrected chi connectivity index (χ0v) is 20.3. The average molecular weight is 474 g/mol. The molecule has 5 rings (SSSR count). The highest BCUT2D eigenvalue weighted by Gasteiger charge is 2.39. The van der Waals surface area contributed by atoms with Gasteiger partial charge >= 0.3 is 0 Å². The second-order valence-electron chi connectivity index (χ2n) is 9.15. The Labute approximate surface area is 205 Å². The first-order valence-electron chi connectivity index (χ1n) is 12.2. The second kappa shape index (κ2) is 9.71. The number of nitrogens with zero attached hydrogens (tertiary/aromatic N) is 4. The van der Waals surface area contributed by atoms with Gasteiger partial charge in [-0.1, -0.05) is 13.0 Å². The lowest BCUT2D eigenvalue weighted by atomic mass is 9.95. The summed E-state index contributed by atoms with van der Waals surface area (Å²) in [6.45, 7) is 6.75. The number of hydrogen-bond donors (Lipinski definition) is 1. The number of ether oxygens (including phenoxy) is 2. The van der Waals surface area contributed by atoms with Crippen molar-refractivity contribution in [2.45, 2.75) is 45.3 Å². The highest BCUT2D eigenvalue weighted by molar-refractivity contribution is 5.96. The maximum atomic E-state index is 13.4. The minimum absolute atomic E-state index is 0.0413. The van der Waals surface area contributed by atoms with Crippen LogP contribution in [-0.4, -0.2) is 57.8 Å². The van der Waals surface area contributed by atoms with Crippen LogP contribution in [0.2, 0.25) is 0 Å². The molecule has 2 aliphatic rings. The smallest absolute Gasteiger partial charge is 0.254 e. The Bertz CT molecular complexity index is 1210. The molecular weight excluding hydrogens is 442 g/mol. The minimum atomic E-state index is -0.509. The Morgan fingerprint density at radius 1 is 1.06 bits per heavy atom. The van der Waals surface area contributed by atoms with Crippen molar-refractivity contribution in [2.24, 2.45) is 0 Å². The number of benzene rings is 1. The van der Waals surface area contributed by atoms with E-state index in [4.69, 9.17) is 15.2 Å². The molecule has 35 heavy (non-hydrogen) atoms. The van der Waals surface area contributed by atoms with Gasteiger partial charge in [0.15, 0.2) is 5.79 Å². The Morgan fingerprint density at radius 3 is 2.46 bits per heavy atom. The Kier molecular flexibility index (Phi) is 6.49. The third-order valence-electron chi connectivity index (χ3n) is 6.90. The van der Waals surface area contributed by atoms with Gasteiger partial charge in [0.1, 0.15) is 12.1 Å². The predicted octanol–water partition coefficient (Wildman–Crippen LogP) is 4.03. The van der Waals surface area contributed by atoms with Crippen molar-refractivity contribution in [1.29, 1.82) is 0 Å². The van der Waals surface area contributed by atoms with E-state index in [0.717, 1.165) is 59.7 Å². The maximum Gasteiger partial charge on any atom is 0.254 e. The summed E-state index contributed by atoms with van der Waals surface area (Å²) in [5.74, 6) is -0.000531. The molecule has 0 bridgehead atoms. The van der Waals surface area contributed by atoms with Crippen LogP contribution in [0.15, 0.2) is 42.9 Å². The second-order valence-corrected chi connectivity index (χ2v) is 9.15. The fraction of sp³-hybridized carbons (Fsp3) is 0.407. The number of nitrogen functional groups attached to an aromatic ring is 1. The first-order valence-corrected chi connectivity index (χ1v) is 12.2. The van der Waals surface area contributed by atoms with E-state index in [9.17, 15) is 4.79 Å². The molecule has 2 aliphatic heterocycles. The number of anilines is 1. The lowest BCUT2D eigenvalue weighted by Gasteiger charge is -2.43. The molecule has 1 amide bonds. The molecule has 3 aromatic rings. The molecule has 2 saturated heterocycles. The molecule has 8 nitrogen and oxygen atoms in total. The maximum absolute atomic E-state index is 13.4. The van der Waals surface area contributed by atoms with Gasteiger partial charge in [-0.25, -0.2) is 15.0 Å². The summed E-state index contributed by atoms with van der Waals surface area (Å²) in [6, 6.07) is 9.63. The fourth-order valence-electron chi connectivity index (χ4n) is 4.94. The van der Waals surface area contributed by atoms with Gasteiger partial charge in [-0.15, -0.1) is 0 Å². The number of aromatic nitrogens is 3. The van der Waals surface area contributed by atoms with Crippen LogP contribution in [0, 0.1) is 6.92 Å². The fourth-order valence-corrected chi connectivity index (χ4v) is 4.94. The lowest BCUT2D eigenvalue weighted by molar-refractivity contribution is -0.281. The molecule has 1 aromatic carbocycles. The van der Waals surface area contributed by atoms with E-state index < -0.39 is 5.79 Å². The number of aryl methyl sites for hydroxylation is 2. The van der Waals surface area contributed by atoms with Crippen LogP contribution in [0.5, 0.6) is 0 Å². The highest BCUT2D eigenvalue weighted by atomic mass is 16.7. The summed E-state index contributed by atoms with van der Waals surface area (Å²) in [5.41, 5.74) is 12.0. The number of rotatable bonds is 4. The van der Waals surface area contributed by atoms with E-state index in [-0.39, 0.29) is 5.91 Å². The zero-order chi connectivity index (χ0) is 24.4. The van der Waals surface area contributed by atoms with Gasteiger partial charge in [0.05, 0.1) is 24.6 Å². The summed E-state index contributed by atoms with van der Waals surface area (Å²) in [4.78, 5) is 28.6. The largest absolute Gasteiger partial charge is 0.384 e. The van der Waals surface area contributed by atoms with Crippen LogP contribution in [0.25, 0.3) is 22.4 Å². The van der Waals surface area contributed by atoms with Crippen molar-refractivity contribution in [3.63, 3.8) is 0 Å². The standard InChI is InChI=1S/C27H31N5O3/c1-3-22-24(20-6-8-23(28)29-16-20)25(31-17-30-22)19-5-7-21(18(2)15-19)26(33)32-11-9-27(10-12-32)34-13-4-14-35-27/h5-8,15-17H,3-4,9-14H2,1-2H3,(H2,28,29). The normalized spacial score (nSPS) is 17.5. The SMILES string of the molecule is CCc1ncnc(-c2ccc(C(=O)N3CCC4(CC3)OCCCO4)c(C)c2)c1-c1ccc(N)nc1. The molecule has 8 heteroatoms. The van der Waals surface area contributed by atoms with Gasteiger partial charge in [0.2, 0.25) is 0 Å². The van der Waals surface area contributed by atoms with Crippen molar-refractivity contribution >= 4 is 11.7 Å². The molecule has 4 heterocycles. The Hall–Kier alpha value is -3.36. The number of carbonyl (C=O) groups is 1. The lowest BCUT2D eigenvalue weighted by Crippen LogP contribution is -2.51. The van der Waals surface area contributed by atoms with Gasteiger partial charge in [-0.05, 0) is 49.6 Å². The molecule has 2 aromatic heterocycles. The Morgan fingerprint density at radius 2 is 1.80 bits per heavy atom. The van der Waals surface area contributed by atoms with Crippen molar-refractivity contribution in [3.05, 3.63) is 59.7 Å². The number of carbonyl (C=O) groups excluding carboxylic acids is 1. The molecule has 2 fully saturated rings. The van der Waals surface area contributed by atoms with Crippen molar-refractivity contribution in [3.8, 4) is 22.4 Å². The van der Waals surface area contributed by atoms with E-state index in [1.807, 2.05) is 36.1 Å². The van der Waals surface area contributed by atoms with E-state index in [1.54, 1.807) is 18.6 Å². The highest BCUT2D eigenvalue weighted by Crippen LogP contribution is 2.35. The molecule has 0 saturated carbocycles. The monoisotopic (exact) mass is 473 g/mol. The number of nitrogens with two attached hydrogens (primary N) is 1. The van der Waals surface area contributed by atoms with E-state index in [2.05, 4.69) is 21.9 Å². The number of amides is 1. The van der Waals surface area contributed by atoms with Crippen molar-refractivity contribution < 1.29 is 14.3 Å². The summed E-state index contributed by atoms with van der Waals surface area (Å²) < 4.78 is 11.8. The summed E-state index contributed by atoms with van der Waals surface area (Å²) >= 11 is 0. The minimum Gasteiger partial charge on any atom is -0.384 e. The van der Waals surface area contributed by atoms with Crippen LogP contribution in [0.1, 0.15) is 47.8 Å². The zero-order valence-electron chi connectivity index (χ0n) is 20.3. The summed E-state index contributed by atoms with van der Waals surface area (Å²) in [5, 5.41) is 0. The van der Waals surface area contributed by atoms with Gasteiger partial charge < -0.3 is 20.1 Å². The molecule has 1 spiro atoms. The molecule has 0 radical (unpaired) electrons. The van der Waals surface area contributed by atoms with Crippen molar-refractivity contribution in [1.82, 2.24) is 19.9 Å². The summed E-state index contributed by atoms with van der Waals surface area (Å²) in [7, 11) is 0. The van der Waals surface area contributed by atoms with Crippen LogP contribution in [-0.2, 0) is 15.9 Å². The first kappa shape index (κ1) is 23.4. The number of piperidine rings is 1. The van der Waals surface area contributed by atoms with Gasteiger partial charge in [-0.2, -0.15) is 0 Å². The topological polar surface area (TPSA) is 103 Å². The molecule has 0 aliphatic carbocycles. The predicted molar refractivity (Wildman–Crippen MR) is 134 cm³/mol. The number of pyridine rings is 1. The van der Waals surface area contributed by atoms with Gasteiger partial charge in [-0.3, -0.25) is 4.79 Å². The molecule has 2 N–H and O–H groups in total. The van der Waals surface area contributed by atoms with Crippen LogP contribution < -0.4 is 5.73 Å². The molecule has 0 atom stereocenters. The Balaban J connectivity index is 1.41. The molecule has 182 valence electrons. The quantitative estimate of drug-likeness (QED) is 0.610.